The molecule has 0 aromatic carbocycles. The van der Waals surface area contributed by atoms with E-state index >= 15 is 0 Å². The Balaban J connectivity index is 2.96. The van der Waals surface area contributed by atoms with Gasteiger partial charge in [-0.05, 0) is 12.1 Å². The average Bonchev–Trinajstić information content (AvgIpc) is 2.04. The van der Waals surface area contributed by atoms with Gasteiger partial charge in [-0.1, -0.05) is 0 Å². The number of nitrogens with one attached hydrogen (secondary N) is 1. The number of rotatable bonds is 0. The Kier molecular flexibility index (Phi) is 1.33. The van der Waals surface area contributed by atoms with Gasteiger partial charge in [0.05, 0.1) is 11.1 Å². The topological polar surface area (TPSA) is 84.4 Å². The van der Waals surface area contributed by atoms with Crippen LogP contribution in [0.15, 0.2) is 11.0 Å². The summed E-state index contributed by atoms with van der Waals surface area (Å²) in [5.41, 5.74) is 0.689. The van der Waals surface area contributed by atoms with Crippen LogP contribution in [0, 0.1) is 6.92 Å². The molecule has 0 unspecified atom stereocenters. The summed E-state index contributed by atoms with van der Waals surface area (Å²) in [7, 11) is 0. The lowest BCUT2D eigenvalue weighted by atomic mass is 10.3. The smallest absolute Gasteiger partial charge is 0.288 e. The van der Waals surface area contributed by atoms with Gasteiger partial charge in [0.15, 0.2) is 5.65 Å². The third-order valence-electron chi connectivity index (χ3n) is 1.52. The summed E-state index contributed by atoms with van der Waals surface area (Å²) >= 11 is 0. The summed E-state index contributed by atoms with van der Waals surface area (Å²) in [6, 6.07) is 0. The molecule has 0 fully saturated rings. The lowest BCUT2D eigenvalue weighted by Crippen LogP contribution is -2.10. The Morgan fingerprint density at radius 2 is 2.25 bits per heavy atom. The Bertz CT molecular complexity index is 477. The van der Waals surface area contributed by atoms with Gasteiger partial charge < -0.3 is 0 Å². The Labute approximate surface area is 66.7 Å². The van der Waals surface area contributed by atoms with Crippen molar-refractivity contribution in [3.05, 3.63) is 22.4 Å². The summed E-state index contributed by atoms with van der Waals surface area (Å²) in [6.45, 7) is 1.77. The van der Waals surface area contributed by atoms with E-state index in [4.69, 9.17) is 0 Å². The monoisotopic (exact) mass is 163 g/mol. The summed E-state index contributed by atoms with van der Waals surface area (Å²) in [6.07, 6.45) is 1.44. The molecule has 0 amide bonds. The number of aromatic nitrogens is 5. The molecule has 2 rings (SSSR count). The van der Waals surface area contributed by atoms with E-state index in [0.29, 0.717) is 16.7 Å². The van der Waals surface area contributed by atoms with Gasteiger partial charge in [0.25, 0.3) is 0 Å². The number of nitrogens with zero attached hydrogens (tertiary/aromatic N) is 4. The van der Waals surface area contributed by atoms with Crippen LogP contribution in [-0.2, 0) is 0 Å². The normalized spacial score (nSPS) is 10.4. The minimum atomic E-state index is -0.428. The predicted octanol–water partition coefficient (Wildman–Crippen LogP) is -0.583. The molecule has 0 saturated heterocycles. The first kappa shape index (κ1) is 6.84. The maximum Gasteiger partial charge on any atom is 0.346 e. The largest absolute Gasteiger partial charge is 0.346 e. The minimum Gasteiger partial charge on any atom is -0.288 e. The first-order valence-electron chi connectivity index (χ1n) is 3.32. The Hall–Kier alpha value is -1.85. The second-order valence-electron chi connectivity index (χ2n) is 2.33. The van der Waals surface area contributed by atoms with Crippen LogP contribution in [0.2, 0.25) is 0 Å². The highest BCUT2D eigenvalue weighted by Crippen LogP contribution is 2.05. The molecule has 0 radical (unpaired) electrons. The first-order valence-corrected chi connectivity index (χ1v) is 3.32. The van der Waals surface area contributed by atoms with E-state index in [1.54, 1.807) is 6.92 Å². The van der Waals surface area contributed by atoms with E-state index in [1.807, 2.05) is 0 Å². The van der Waals surface area contributed by atoms with Crippen LogP contribution < -0.4 is 5.69 Å². The van der Waals surface area contributed by atoms with E-state index in [2.05, 4.69) is 25.4 Å². The van der Waals surface area contributed by atoms with Crippen molar-refractivity contribution < 1.29 is 0 Å². The van der Waals surface area contributed by atoms with Crippen molar-refractivity contribution >= 4 is 11.0 Å². The fourth-order valence-electron chi connectivity index (χ4n) is 0.917. The van der Waals surface area contributed by atoms with Crippen molar-refractivity contribution in [2.75, 3.05) is 0 Å². The van der Waals surface area contributed by atoms with Gasteiger partial charge >= 0.3 is 5.69 Å². The third kappa shape index (κ3) is 0.931. The van der Waals surface area contributed by atoms with Crippen molar-refractivity contribution in [3.8, 4) is 0 Å². The lowest BCUT2D eigenvalue weighted by Gasteiger charge is -1.94. The first-order chi connectivity index (χ1) is 5.77. The highest BCUT2D eigenvalue weighted by atomic mass is 16.1. The van der Waals surface area contributed by atoms with Gasteiger partial charge in [0, 0.05) is 6.20 Å². The Morgan fingerprint density at radius 1 is 1.42 bits per heavy atom. The summed E-state index contributed by atoms with van der Waals surface area (Å²) < 4.78 is 0. The van der Waals surface area contributed by atoms with E-state index in [0.717, 1.165) is 0 Å². The zero-order valence-corrected chi connectivity index (χ0v) is 6.27. The number of hydrogen-bond donors (Lipinski definition) is 1. The minimum absolute atomic E-state index is 0.419. The SMILES string of the molecule is Cc1nnnc2[nH]c(=O)ncc12. The molecule has 1 N–H and O–H groups in total. The fraction of sp³-hybridized carbons (Fsp3) is 0.167. The van der Waals surface area contributed by atoms with Crippen LogP contribution in [0.1, 0.15) is 5.69 Å². The second-order valence-corrected chi connectivity index (χ2v) is 2.33. The molecule has 0 saturated carbocycles. The van der Waals surface area contributed by atoms with Crippen molar-refractivity contribution in [3.63, 3.8) is 0 Å². The third-order valence-corrected chi connectivity index (χ3v) is 1.52. The van der Waals surface area contributed by atoms with Gasteiger partial charge in [0.2, 0.25) is 0 Å². The molecular formula is C6H5N5O. The van der Waals surface area contributed by atoms with E-state index in [9.17, 15) is 4.79 Å². The zero-order valence-electron chi connectivity index (χ0n) is 6.27. The summed E-state index contributed by atoms with van der Waals surface area (Å²) in [5.74, 6) is 0. The van der Waals surface area contributed by atoms with Crippen LogP contribution in [0.3, 0.4) is 0 Å². The maximum absolute atomic E-state index is 10.7. The molecule has 0 aliphatic carbocycles. The molecule has 6 heteroatoms. The predicted molar refractivity (Wildman–Crippen MR) is 40.5 cm³/mol. The quantitative estimate of drug-likeness (QED) is 0.561. The number of fused-ring (bicyclic) bond motifs is 1. The highest BCUT2D eigenvalue weighted by Gasteiger charge is 2.00. The highest BCUT2D eigenvalue weighted by molar-refractivity contribution is 5.74. The number of aryl methyl sites for hydroxylation is 1. The van der Waals surface area contributed by atoms with Crippen molar-refractivity contribution in [2.24, 2.45) is 0 Å². The molecule has 0 spiro atoms. The molecule has 60 valence electrons. The van der Waals surface area contributed by atoms with E-state index in [-0.39, 0.29) is 0 Å². The maximum atomic E-state index is 10.7. The molecule has 2 aromatic rings. The number of aromatic amines is 1. The molecule has 6 nitrogen and oxygen atoms in total. The summed E-state index contributed by atoms with van der Waals surface area (Å²) in [5, 5.41) is 11.5. The molecule has 0 aliphatic heterocycles. The van der Waals surface area contributed by atoms with E-state index < -0.39 is 5.69 Å². The fourth-order valence-corrected chi connectivity index (χ4v) is 0.917. The molecule has 2 heterocycles. The van der Waals surface area contributed by atoms with Crippen LogP contribution in [0.25, 0.3) is 11.0 Å². The van der Waals surface area contributed by atoms with Gasteiger partial charge in [-0.25, -0.2) is 9.78 Å². The standard InChI is InChI=1S/C6H5N5O/c1-3-4-2-7-6(12)8-5(4)10-11-9-3/h2H,1H3,(H,7,8,9,10,12). The van der Waals surface area contributed by atoms with Gasteiger partial charge in [-0.15, -0.1) is 10.2 Å². The Morgan fingerprint density at radius 3 is 3.08 bits per heavy atom. The van der Waals surface area contributed by atoms with Gasteiger partial charge in [-0.3, -0.25) is 4.98 Å². The van der Waals surface area contributed by atoms with Crippen LogP contribution >= 0.6 is 0 Å². The average molecular weight is 163 g/mol. The van der Waals surface area contributed by atoms with Crippen molar-refractivity contribution in [2.45, 2.75) is 6.92 Å². The van der Waals surface area contributed by atoms with Crippen LogP contribution in [0.5, 0.6) is 0 Å². The second kappa shape index (κ2) is 2.33. The van der Waals surface area contributed by atoms with Crippen LogP contribution in [-0.4, -0.2) is 25.4 Å². The lowest BCUT2D eigenvalue weighted by molar-refractivity contribution is 0.854. The summed E-state index contributed by atoms with van der Waals surface area (Å²) in [4.78, 5) is 16.7. The number of H-pyrrole nitrogens is 1. The molecular weight excluding hydrogens is 158 g/mol. The van der Waals surface area contributed by atoms with Crippen LogP contribution in [0.4, 0.5) is 0 Å². The molecule has 0 atom stereocenters. The van der Waals surface area contributed by atoms with Gasteiger partial charge in [0.1, 0.15) is 0 Å². The van der Waals surface area contributed by atoms with Crippen molar-refractivity contribution in [1.29, 1.82) is 0 Å². The molecule has 0 aliphatic rings. The van der Waals surface area contributed by atoms with Crippen molar-refractivity contribution in [1.82, 2.24) is 25.4 Å². The van der Waals surface area contributed by atoms with E-state index in [1.165, 1.54) is 6.20 Å². The molecule has 0 bridgehead atoms. The molecule has 12 heavy (non-hydrogen) atoms. The molecule has 2 aromatic heterocycles. The number of hydrogen-bond acceptors (Lipinski definition) is 5. The zero-order chi connectivity index (χ0) is 8.55. The van der Waals surface area contributed by atoms with Gasteiger partial charge in [-0.2, -0.15) is 0 Å².